The van der Waals surface area contributed by atoms with Gasteiger partial charge < -0.3 is 15.5 Å². The molecule has 5 heterocycles. The number of thiophene rings is 1. The zero-order valence-electron chi connectivity index (χ0n) is 16.3. The average Bonchev–Trinajstić information content (AvgIpc) is 3.41. The summed E-state index contributed by atoms with van der Waals surface area (Å²) in [7, 11) is 0. The highest BCUT2D eigenvalue weighted by molar-refractivity contribution is 7.20. The molecule has 5 rings (SSSR count). The molecular weight excluding hydrogens is 418 g/mol. The molecule has 2 N–H and O–H groups in total. The van der Waals surface area contributed by atoms with Crippen LogP contribution in [0.4, 0.5) is 11.5 Å². The van der Waals surface area contributed by atoms with Gasteiger partial charge in [-0.3, -0.25) is 9.78 Å². The number of aryl methyl sites for hydroxylation is 1. The second kappa shape index (κ2) is 7.62. The van der Waals surface area contributed by atoms with Gasteiger partial charge in [0.2, 0.25) is 0 Å². The van der Waals surface area contributed by atoms with E-state index < -0.39 is 0 Å². The van der Waals surface area contributed by atoms with Crippen molar-refractivity contribution in [3.63, 3.8) is 0 Å². The van der Waals surface area contributed by atoms with Crippen molar-refractivity contribution in [2.24, 2.45) is 0 Å². The van der Waals surface area contributed by atoms with Gasteiger partial charge >= 0.3 is 0 Å². The van der Waals surface area contributed by atoms with Gasteiger partial charge in [-0.1, -0.05) is 0 Å². The molecule has 0 aliphatic carbocycles. The number of thiazole rings is 1. The van der Waals surface area contributed by atoms with Gasteiger partial charge in [0.05, 0.1) is 10.3 Å². The molecule has 0 radical (unpaired) electrons. The summed E-state index contributed by atoms with van der Waals surface area (Å²) in [6, 6.07) is 5.79. The Balaban J connectivity index is 1.36. The van der Waals surface area contributed by atoms with Gasteiger partial charge in [0.15, 0.2) is 10.8 Å². The Morgan fingerprint density at radius 2 is 1.87 bits per heavy atom. The number of rotatable bonds is 3. The lowest BCUT2D eigenvalue weighted by Gasteiger charge is -2.35. The van der Waals surface area contributed by atoms with Crippen LogP contribution >= 0.6 is 22.7 Å². The predicted molar refractivity (Wildman–Crippen MR) is 120 cm³/mol. The molecule has 4 aromatic heterocycles. The van der Waals surface area contributed by atoms with Crippen molar-refractivity contribution in [2.45, 2.75) is 6.92 Å². The normalized spacial score (nSPS) is 14.4. The van der Waals surface area contributed by atoms with Crippen LogP contribution in [0.5, 0.6) is 0 Å². The lowest BCUT2D eigenvalue weighted by atomic mass is 10.2. The fraction of sp³-hybridized carbons (Fsp3) is 0.250. The summed E-state index contributed by atoms with van der Waals surface area (Å²) >= 11 is 2.84. The highest BCUT2D eigenvalue weighted by Crippen LogP contribution is 2.31. The number of nitrogens with two attached hydrogens (primary N) is 1. The number of pyridine rings is 1. The lowest BCUT2D eigenvalue weighted by Crippen LogP contribution is -2.48. The molecule has 0 unspecified atom stereocenters. The van der Waals surface area contributed by atoms with E-state index in [9.17, 15) is 4.79 Å². The van der Waals surface area contributed by atoms with E-state index in [0.29, 0.717) is 34.4 Å². The molecule has 1 amide bonds. The second-order valence-electron chi connectivity index (χ2n) is 7.04. The second-order valence-corrected chi connectivity index (χ2v) is 8.93. The van der Waals surface area contributed by atoms with E-state index in [0.717, 1.165) is 34.9 Å². The minimum absolute atomic E-state index is 0.0124. The van der Waals surface area contributed by atoms with E-state index in [1.807, 2.05) is 35.4 Å². The quantitative estimate of drug-likeness (QED) is 0.526. The Hall–Kier alpha value is -3.11. The molecule has 1 aliphatic rings. The number of fused-ring (bicyclic) bond motifs is 1. The Morgan fingerprint density at radius 3 is 2.57 bits per heavy atom. The number of anilines is 2. The number of carbonyl (C=O) groups excluding carboxylic acids is 1. The standard InChI is InChI=1S/C20H19N7OS2/c1-12-11-29-19(23-12)17-24-16(21)14-10-15(30-18(14)25-17)20(28)27-8-6-26(7-9-27)13-2-4-22-5-3-13/h2-5,10-11H,6-9H2,1H3,(H2,21,24,25). The molecule has 1 fully saturated rings. The Morgan fingerprint density at radius 1 is 1.10 bits per heavy atom. The monoisotopic (exact) mass is 437 g/mol. The Bertz CT molecular complexity index is 1210. The fourth-order valence-corrected chi connectivity index (χ4v) is 5.21. The van der Waals surface area contributed by atoms with Crippen LogP contribution in [-0.2, 0) is 0 Å². The number of aromatic nitrogens is 4. The van der Waals surface area contributed by atoms with Crippen molar-refractivity contribution in [3.8, 4) is 10.8 Å². The summed E-state index contributed by atoms with van der Waals surface area (Å²) in [6.07, 6.45) is 3.58. The highest BCUT2D eigenvalue weighted by Gasteiger charge is 2.25. The van der Waals surface area contributed by atoms with Crippen molar-refractivity contribution in [2.75, 3.05) is 36.8 Å². The number of nitrogens with zero attached hydrogens (tertiary/aromatic N) is 6. The number of hydrogen-bond donors (Lipinski definition) is 1. The van der Waals surface area contributed by atoms with Crippen LogP contribution < -0.4 is 10.6 Å². The minimum Gasteiger partial charge on any atom is -0.383 e. The third-order valence-electron chi connectivity index (χ3n) is 5.04. The van der Waals surface area contributed by atoms with E-state index in [-0.39, 0.29) is 5.91 Å². The molecular formula is C20H19N7OS2. The summed E-state index contributed by atoms with van der Waals surface area (Å²) in [4.78, 5) is 36.1. The van der Waals surface area contributed by atoms with Crippen LogP contribution in [0.2, 0.25) is 0 Å². The number of carbonyl (C=O) groups is 1. The zero-order valence-corrected chi connectivity index (χ0v) is 17.9. The fourth-order valence-electron chi connectivity index (χ4n) is 3.48. The van der Waals surface area contributed by atoms with E-state index in [2.05, 4.69) is 24.8 Å². The van der Waals surface area contributed by atoms with Gasteiger partial charge in [0.25, 0.3) is 5.91 Å². The van der Waals surface area contributed by atoms with Gasteiger partial charge in [0, 0.05) is 55.3 Å². The van der Waals surface area contributed by atoms with Crippen LogP contribution in [0.1, 0.15) is 15.4 Å². The van der Waals surface area contributed by atoms with E-state index >= 15 is 0 Å². The van der Waals surface area contributed by atoms with Gasteiger partial charge in [-0.25, -0.2) is 15.0 Å². The smallest absolute Gasteiger partial charge is 0.264 e. The maximum Gasteiger partial charge on any atom is 0.264 e. The molecule has 0 spiro atoms. The molecule has 4 aromatic rings. The molecule has 30 heavy (non-hydrogen) atoms. The first-order valence-corrected chi connectivity index (χ1v) is 11.2. The molecule has 0 aromatic carbocycles. The summed E-state index contributed by atoms with van der Waals surface area (Å²) in [6.45, 7) is 4.84. The topological polar surface area (TPSA) is 101 Å². The summed E-state index contributed by atoms with van der Waals surface area (Å²) in [5.41, 5.74) is 8.22. The van der Waals surface area contributed by atoms with E-state index in [4.69, 9.17) is 5.73 Å². The van der Waals surface area contributed by atoms with Crippen LogP contribution in [0.15, 0.2) is 36.0 Å². The molecule has 8 nitrogen and oxygen atoms in total. The molecule has 152 valence electrons. The molecule has 0 saturated carbocycles. The van der Waals surface area contributed by atoms with Crippen LogP contribution in [-0.4, -0.2) is 56.9 Å². The first-order valence-electron chi connectivity index (χ1n) is 9.52. The van der Waals surface area contributed by atoms with Crippen molar-refractivity contribution in [3.05, 3.63) is 46.5 Å². The summed E-state index contributed by atoms with van der Waals surface area (Å²) in [5.74, 6) is 0.893. The number of amides is 1. The first kappa shape index (κ1) is 18.9. The van der Waals surface area contributed by atoms with Crippen molar-refractivity contribution >= 4 is 50.3 Å². The molecule has 1 saturated heterocycles. The first-order chi connectivity index (χ1) is 14.6. The Labute approximate surface area is 181 Å². The summed E-state index contributed by atoms with van der Waals surface area (Å²) in [5, 5.41) is 3.40. The zero-order chi connectivity index (χ0) is 20.7. The lowest BCUT2D eigenvalue weighted by molar-refractivity contribution is 0.0751. The van der Waals surface area contributed by atoms with Gasteiger partial charge in [-0.05, 0) is 25.1 Å². The molecule has 0 atom stereocenters. The third-order valence-corrected chi connectivity index (χ3v) is 7.01. The van der Waals surface area contributed by atoms with Gasteiger partial charge in [-0.15, -0.1) is 22.7 Å². The maximum atomic E-state index is 13.1. The molecule has 1 aliphatic heterocycles. The number of nitrogen functional groups attached to an aromatic ring is 1. The van der Waals surface area contributed by atoms with Gasteiger partial charge in [-0.2, -0.15) is 0 Å². The summed E-state index contributed by atoms with van der Waals surface area (Å²) < 4.78 is 0. The van der Waals surface area contributed by atoms with Crippen molar-refractivity contribution < 1.29 is 4.79 Å². The molecule has 10 heteroatoms. The van der Waals surface area contributed by atoms with Crippen LogP contribution in [0.25, 0.3) is 21.0 Å². The predicted octanol–water partition coefficient (Wildman–Crippen LogP) is 3.06. The van der Waals surface area contributed by atoms with Crippen molar-refractivity contribution in [1.82, 2.24) is 24.8 Å². The molecule has 0 bridgehead atoms. The number of hydrogen-bond acceptors (Lipinski definition) is 9. The number of piperazine rings is 1. The minimum atomic E-state index is 0.0124. The van der Waals surface area contributed by atoms with Crippen molar-refractivity contribution in [1.29, 1.82) is 0 Å². The van der Waals surface area contributed by atoms with E-state index in [1.165, 1.54) is 22.7 Å². The third kappa shape index (κ3) is 3.48. The maximum absolute atomic E-state index is 13.1. The largest absolute Gasteiger partial charge is 0.383 e. The average molecular weight is 438 g/mol. The highest BCUT2D eigenvalue weighted by atomic mass is 32.1. The van der Waals surface area contributed by atoms with E-state index in [1.54, 1.807) is 12.4 Å². The Kier molecular flexibility index (Phi) is 4.80. The van der Waals surface area contributed by atoms with Crippen LogP contribution in [0.3, 0.4) is 0 Å². The van der Waals surface area contributed by atoms with Gasteiger partial charge in [0.1, 0.15) is 10.6 Å². The SMILES string of the molecule is Cc1csc(-c2nc(N)c3cc(C(=O)N4CCN(c5ccncc5)CC4)sc3n2)n1. The van der Waals surface area contributed by atoms with Crippen LogP contribution in [0, 0.1) is 6.92 Å².